The standard InChI is InChI=1S/C66H46/c1-65(2)61-35-43(19-23-55(61)57-25-21-47(37-63(57)65)53-17-9-15-45-31-49-27-39-11-5-7-13-41(39)29-51(49)33-59(45)53)44-20-24-56-58-26-22-48(38-64(58)66(3,4)62(56)36-44)54-18-10-16-46-32-50-28-40-12-6-8-14-42(40)30-52(50)34-60(46)54/h5-38H,1-4H3. The van der Waals surface area contributed by atoms with Gasteiger partial charge >= 0.3 is 0 Å². The molecule has 0 aromatic heterocycles. The van der Waals surface area contributed by atoms with Gasteiger partial charge in [0.1, 0.15) is 0 Å². The maximum absolute atomic E-state index is 2.48. The Morgan fingerprint density at radius 3 is 0.864 bits per heavy atom. The quantitative estimate of drug-likeness (QED) is 0.156. The predicted molar refractivity (Wildman–Crippen MR) is 283 cm³/mol. The van der Waals surface area contributed by atoms with Crippen LogP contribution in [0.4, 0.5) is 0 Å². The molecule has 0 fully saturated rings. The maximum atomic E-state index is 2.48. The second-order valence-electron chi connectivity index (χ2n) is 20.1. The van der Waals surface area contributed by atoms with Crippen molar-refractivity contribution in [1.29, 1.82) is 0 Å². The van der Waals surface area contributed by atoms with Crippen molar-refractivity contribution in [3.63, 3.8) is 0 Å². The van der Waals surface area contributed by atoms with Crippen LogP contribution in [-0.2, 0) is 10.8 Å². The minimum Gasteiger partial charge on any atom is -0.0616 e. The van der Waals surface area contributed by atoms with Crippen molar-refractivity contribution in [2.45, 2.75) is 38.5 Å². The molecule has 14 rings (SSSR count). The third-order valence-corrected chi connectivity index (χ3v) is 15.7. The van der Waals surface area contributed by atoms with E-state index in [4.69, 9.17) is 0 Å². The number of hydrogen-bond acceptors (Lipinski definition) is 0. The highest BCUT2D eigenvalue weighted by molar-refractivity contribution is 6.10. The lowest BCUT2D eigenvalue weighted by atomic mass is 9.79. The highest BCUT2D eigenvalue weighted by Crippen LogP contribution is 2.54. The van der Waals surface area contributed by atoms with E-state index in [9.17, 15) is 0 Å². The topological polar surface area (TPSA) is 0 Å². The monoisotopic (exact) mass is 838 g/mol. The molecular weight excluding hydrogens is 793 g/mol. The van der Waals surface area contributed by atoms with Crippen LogP contribution in [0.15, 0.2) is 206 Å². The van der Waals surface area contributed by atoms with Crippen LogP contribution in [0.25, 0.3) is 120 Å². The van der Waals surface area contributed by atoms with Crippen molar-refractivity contribution < 1.29 is 0 Å². The fourth-order valence-electron chi connectivity index (χ4n) is 12.1. The fourth-order valence-corrected chi connectivity index (χ4v) is 12.1. The van der Waals surface area contributed by atoms with E-state index in [-0.39, 0.29) is 10.8 Å². The summed E-state index contributed by atoms with van der Waals surface area (Å²) >= 11 is 0. The van der Waals surface area contributed by atoms with Crippen molar-refractivity contribution in [2.24, 2.45) is 0 Å². The van der Waals surface area contributed by atoms with Crippen molar-refractivity contribution in [1.82, 2.24) is 0 Å². The molecule has 0 unspecified atom stereocenters. The Morgan fingerprint density at radius 1 is 0.212 bits per heavy atom. The molecule has 2 aliphatic carbocycles. The molecule has 0 spiro atoms. The van der Waals surface area contributed by atoms with Crippen LogP contribution >= 0.6 is 0 Å². The second kappa shape index (κ2) is 13.4. The van der Waals surface area contributed by atoms with Gasteiger partial charge in [-0.1, -0.05) is 161 Å². The lowest BCUT2D eigenvalue weighted by Gasteiger charge is -2.24. The summed E-state index contributed by atoms with van der Waals surface area (Å²) in [5.74, 6) is 0. The first-order valence-electron chi connectivity index (χ1n) is 23.5. The van der Waals surface area contributed by atoms with Gasteiger partial charge in [-0.2, -0.15) is 0 Å². The number of rotatable bonds is 3. The average Bonchev–Trinajstić information content (AvgIpc) is 3.71. The maximum Gasteiger partial charge on any atom is 0.0159 e. The first-order valence-corrected chi connectivity index (χ1v) is 23.5. The largest absolute Gasteiger partial charge is 0.0616 e. The minimum atomic E-state index is -0.156. The molecule has 0 saturated carbocycles. The smallest absolute Gasteiger partial charge is 0.0159 e. The molecule has 12 aromatic rings. The van der Waals surface area contributed by atoms with Gasteiger partial charge in [0.25, 0.3) is 0 Å². The van der Waals surface area contributed by atoms with Gasteiger partial charge < -0.3 is 0 Å². The Morgan fingerprint density at radius 2 is 0.500 bits per heavy atom. The van der Waals surface area contributed by atoms with E-state index in [1.807, 2.05) is 0 Å². The Bertz CT molecular complexity index is 3830. The number of fused-ring (bicyclic) bond motifs is 12. The first kappa shape index (κ1) is 37.6. The number of hydrogen-bond donors (Lipinski definition) is 0. The van der Waals surface area contributed by atoms with Crippen molar-refractivity contribution in [3.05, 3.63) is 229 Å². The lowest BCUT2D eigenvalue weighted by Crippen LogP contribution is -2.15. The molecule has 0 N–H and O–H groups in total. The summed E-state index contributed by atoms with van der Waals surface area (Å²) in [7, 11) is 0. The zero-order valence-electron chi connectivity index (χ0n) is 37.6. The van der Waals surface area contributed by atoms with Crippen LogP contribution in [0.3, 0.4) is 0 Å². The molecule has 0 aliphatic heterocycles. The molecular formula is C66H46. The molecule has 310 valence electrons. The van der Waals surface area contributed by atoms with Crippen LogP contribution in [0, 0.1) is 0 Å². The molecule has 0 saturated heterocycles. The molecule has 0 nitrogen and oxygen atoms in total. The molecule has 2 aliphatic rings. The van der Waals surface area contributed by atoms with Gasteiger partial charge in [0, 0.05) is 10.8 Å². The summed E-state index contributed by atoms with van der Waals surface area (Å²) in [5.41, 5.74) is 18.3. The zero-order chi connectivity index (χ0) is 44.1. The van der Waals surface area contributed by atoms with E-state index < -0.39 is 0 Å². The summed E-state index contributed by atoms with van der Waals surface area (Å²) in [6.45, 7) is 9.64. The van der Waals surface area contributed by atoms with E-state index >= 15 is 0 Å². The van der Waals surface area contributed by atoms with Crippen LogP contribution in [0.5, 0.6) is 0 Å². The third-order valence-electron chi connectivity index (χ3n) is 15.7. The highest BCUT2D eigenvalue weighted by Gasteiger charge is 2.38. The minimum absolute atomic E-state index is 0.156. The summed E-state index contributed by atoms with van der Waals surface area (Å²) in [6, 6.07) is 78.5. The van der Waals surface area contributed by atoms with Gasteiger partial charge in [-0.15, -0.1) is 0 Å². The zero-order valence-corrected chi connectivity index (χ0v) is 37.6. The van der Waals surface area contributed by atoms with Gasteiger partial charge in [0.05, 0.1) is 0 Å². The molecule has 0 atom stereocenters. The van der Waals surface area contributed by atoms with Crippen molar-refractivity contribution in [2.75, 3.05) is 0 Å². The van der Waals surface area contributed by atoms with Crippen LogP contribution < -0.4 is 0 Å². The summed E-state index contributed by atoms with van der Waals surface area (Å²) in [5, 5.41) is 15.4. The van der Waals surface area contributed by atoms with E-state index in [0.717, 1.165) is 0 Å². The van der Waals surface area contributed by atoms with E-state index in [1.54, 1.807) is 0 Å². The SMILES string of the molecule is CC1(C)c2cc(-c3ccc4c(c3)C(C)(C)c3cc(-c5cccc6cc7cc8ccccc8cc7cc56)ccc3-4)ccc2-c2ccc(-c3cccc4cc5cc6ccccc6cc5cc34)cc21. The average molecular weight is 839 g/mol. The van der Waals surface area contributed by atoms with Gasteiger partial charge in [0.15, 0.2) is 0 Å². The Kier molecular flexibility index (Phi) is 7.61. The molecule has 0 bridgehead atoms. The van der Waals surface area contributed by atoms with Gasteiger partial charge in [-0.3, -0.25) is 0 Å². The van der Waals surface area contributed by atoms with E-state index in [0.29, 0.717) is 0 Å². The Balaban J connectivity index is 0.804. The van der Waals surface area contributed by atoms with Gasteiger partial charge in [-0.25, -0.2) is 0 Å². The predicted octanol–water partition coefficient (Wildman–Crippen LogP) is 18.2. The summed E-state index contributed by atoms with van der Waals surface area (Å²) in [4.78, 5) is 0. The molecule has 0 amide bonds. The third kappa shape index (κ3) is 5.39. The van der Waals surface area contributed by atoms with Crippen molar-refractivity contribution >= 4 is 64.6 Å². The molecule has 0 radical (unpaired) electrons. The number of benzene rings is 12. The molecule has 0 heteroatoms. The van der Waals surface area contributed by atoms with Crippen molar-refractivity contribution in [3.8, 4) is 55.6 Å². The van der Waals surface area contributed by atoms with E-state index in [2.05, 4.69) is 234 Å². The fraction of sp³-hybridized carbons (Fsp3) is 0.0909. The lowest BCUT2D eigenvalue weighted by molar-refractivity contribution is 0.660. The molecule has 12 aromatic carbocycles. The first-order chi connectivity index (χ1) is 32.2. The second-order valence-corrected chi connectivity index (χ2v) is 20.1. The molecule has 0 heterocycles. The highest BCUT2D eigenvalue weighted by atomic mass is 14.4. The Hall–Kier alpha value is -7.80. The van der Waals surface area contributed by atoms with Crippen LogP contribution in [-0.4, -0.2) is 0 Å². The van der Waals surface area contributed by atoms with Crippen LogP contribution in [0.2, 0.25) is 0 Å². The summed E-state index contributed by atoms with van der Waals surface area (Å²) in [6.07, 6.45) is 0. The van der Waals surface area contributed by atoms with Gasteiger partial charge in [0.2, 0.25) is 0 Å². The van der Waals surface area contributed by atoms with Gasteiger partial charge in [-0.05, 0) is 215 Å². The summed E-state index contributed by atoms with van der Waals surface area (Å²) < 4.78 is 0. The Labute approximate surface area is 385 Å². The normalized spacial score (nSPS) is 14.3. The van der Waals surface area contributed by atoms with Crippen LogP contribution in [0.1, 0.15) is 49.9 Å². The van der Waals surface area contributed by atoms with E-state index in [1.165, 1.54) is 143 Å². The molecule has 66 heavy (non-hydrogen) atoms.